The van der Waals surface area contributed by atoms with Gasteiger partial charge in [0.1, 0.15) is 11.6 Å². The van der Waals surface area contributed by atoms with Crippen molar-refractivity contribution in [2.24, 2.45) is 0 Å². The highest BCUT2D eigenvalue weighted by Crippen LogP contribution is 2.40. The van der Waals surface area contributed by atoms with Gasteiger partial charge in [-0.2, -0.15) is 0 Å². The molecule has 1 aliphatic heterocycles. The first-order valence-electron chi connectivity index (χ1n) is 14.1. The molecule has 1 unspecified atom stereocenters. The minimum absolute atomic E-state index is 0.169. The van der Waals surface area contributed by atoms with Gasteiger partial charge in [0, 0.05) is 49.3 Å². The van der Waals surface area contributed by atoms with Crippen molar-refractivity contribution in [2.75, 3.05) is 39.4 Å². The Kier molecular flexibility index (Phi) is 7.79. The van der Waals surface area contributed by atoms with Gasteiger partial charge in [-0.1, -0.05) is 30.3 Å². The van der Waals surface area contributed by atoms with Crippen LogP contribution in [0.5, 0.6) is 0 Å². The lowest BCUT2D eigenvalue weighted by Gasteiger charge is -2.31. The number of ether oxygens (including phenoxy) is 1. The molecular weight excluding hydrogens is 493 g/mol. The van der Waals surface area contributed by atoms with Crippen molar-refractivity contribution in [3.05, 3.63) is 95.3 Å². The number of hydrogen-bond acceptors (Lipinski definition) is 4. The summed E-state index contributed by atoms with van der Waals surface area (Å²) >= 11 is 0. The van der Waals surface area contributed by atoms with Gasteiger partial charge < -0.3 is 18.6 Å². The van der Waals surface area contributed by atoms with Gasteiger partial charge >= 0.3 is 0 Å². The number of para-hydroxylation sites is 1. The van der Waals surface area contributed by atoms with Gasteiger partial charge in [0.2, 0.25) is 5.91 Å². The van der Waals surface area contributed by atoms with Crippen LogP contribution in [0.2, 0.25) is 0 Å². The summed E-state index contributed by atoms with van der Waals surface area (Å²) in [4.78, 5) is 18.7. The number of carbonyl (C=O) groups is 1. The first kappa shape index (κ1) is 25.8. The fourth-order valence-corrected chi connectivity index (χ4v) is 6.29. The minimum Gasteiger partial charge on any atom is -0.467 e. The van der Waals surface area contributed by atoms with Crippen LogP contribution in [0, 0.1) is 5.82 Å². The number of amides is 1. The molecule has 7 heteroatoms. The Hall–Kier alpha value is -3.42. The van der Waals surface area contributed by atoms with Crippen molar-refractivity contribution in [1.29, 1.82) is 0 Å². The molecule has 204 valence electrons. The smallest absolute Gasteiger partial charge is 0.230 e. The summed E-state index contributed by atoms with van der Waals surface area (Å²) in [5.41, 5.74) is 4.39. The van der Waals surface area contributed by atoms with E-state index in [1.54, 1.807) is 18.4 Å². The highest BCUT2D eigenvalue weighted by atomic mass is 19.1. The first-order chi connectivity index (χ1) is 19.2. The molecule has 6 rings (SSSR count). The van der Waals surface area contributed by atoms with E-state index in [0.29, 0.717) is 19.6 Å². The van der Waals surface area contributed by atoms with E-state index >= 15 is 0 Å². The highest BCUT2D eigenvalue weighted by molar-refractivity contribution is 5.94. The third kappa shape index (κ3) is 5.65. The summed E-state index contributed by atoms with van der Waals surface area (Å²) in [6.45, 7) is 6.15. The number of aromatic nitrogens is 1. The summed E-state index contributed by atoms with van der Waals surface area (Å²) in [5.74, 6) is 0.546. The fraction of sp³-hybridized carbons (Fsp3) is 0.406. The van der Waals surface area contributed by atoms with E-state index in [4.69, 9.17) is 9.15 Å². The molecule has 2 aliphatic rings. The van der Waals surface area contributed by atoms with E-state index in [0.717, 1.165) is 86.3 Å². The number of hydrogen-bond donors (Lipinski definition) is 0. The summed E-state index contributed by atoms with van der Waals surface area (Å²) in [6.07, 6.45) is 5.28. The molecular formula is C32H36FN3O3. The van der Waals surface area contributed by atoms with Gasteiger partial charge in [-0.05, 0) is 67.1 Å². The molecule has 0 spiro atoms. The third-order valence-electron chi connectivity index (χ3n) is 8.15. The number of halogens is 1. The van der Waals surface area contributed by atoms with Crippen molar-refractivity contribution in [2.45, 2.75) is 44.7 Å². The van der Waals surface area contributed by atoms with Crippen LogP contribution in [0.15, 0.2) is 71.3 Å². The maximum Gasteiger partial charge on any atom is 0.230 e. The first-order valence-corrected chi connectivity index (χ1v) is 14.1. The van der Waals surface area contributed by atoms with Crippen LogP contribution < -0.4 is 0 Å². The zero-order valence-electron chi connectivity index (χ0n) is 22.4. The lowest BCUT2D eigenvalue weighted by molar-refractivity contribution is -0.134. The molecule has 2 aromatic heterocycles. The average molecular weight is 530 g/mol. The van der Waals surface area contributed by atoms with Crippen molar-refractivity contribution < 1.29 is 18.3 Å². The van der Waals surface area contributed by atoms with Crippen LogP contribution in [-0.2, 0) is 29.0 Å². The lowest BCUT2D eigenvalue weighted by Crippen LogP contribution is -2.40. The number of carbonyl (C=O) groups excluding carboxylic acids is 1. The van der Waals surface area contributed by atoms with Gasteiger partial charge in [0.05, 0.1) is 31.9 Å². The predicted octanol–water partition coefficient (Wildman–Crippen LogP) is 5.59. The second kappa shape index (κ2) is 11.8. The molecule has 0 radical (unpaired) electrons. The van der Waals surface area contributed by atoms with Gasteiger partial charge in [-0.25, -0.2) is 4.39 Å². The minimum atomic E-state index is -0.225. The highest BCUT2D eigenvalue weighted by Gasteiger charge is 2.34. The molecule has 1 aliphatic carbocycles. The summed E-state index contributed by atoms with van der Waals surface area (Å²) in [5, 5.41) is 1.13. The zero-order chi connectivity index (χ0) is 26.6. The van der Waals surface area contributed by atoms with Gasteiger partial charge in [-0.3, -0.25) is 9.69 Å². The van der Waals surface area contributed by atoms with Crippen LogP contribution in [0.25, 0.3) is 10.9 Å². The second-order valence-corrected chi connectivity index (χ2v) is 10.7. The fourth-order valence-electron chi connectivity index (χ4n) is 6.29. The molecule has 6 nitrogen and oxygen atoms in total. The Morgan fingerprint density at radius 3 is 2.74 bits per heavy atom. The SMILES string of the molecule is O=C(C1CCCc2c1c1ccccc1n2Cc1cccc(F)c1)N(CCCN1CCOCC1)Cc1ccco1. The largest absolute Gasteiger partial charge is 0.467 e. The van der Waals surface area contributed by atoms with E-state index in [1.807, 2.05) is 35.2 Å². The quantitative estimate of drug-likeness (QED) is 0.284. The van der Waals surface area contributed by atoms with E-state index in [9.17, 15) is 9.18 Å². The normalized spacial score (nSPS) is 17.8. The number of rotatable bonds is 9. The average Bonchev–Trinajstić information content (AvgIpc) is 3.59. The van der Waals surface area contributed by atoms with Crippen molar-refractivity contribution in [3.63, 3.8) is 0 Å². The maximum absolute atomic E-state index is 14.3. The third-order valence-corrected chi connectivity index (χ3v) is 8.15. The Morgan fingerprint density at radius 1 is 1.05 bits per heavy atom. The zero-order valence-corrected chi connectivity index (χ0v) is 22.4. The summed E-state index contributed by atoms with van der Waals surface area (Å²) in [6, 6.07) is 19.0. The number of furan rings is 1. The molecule has 0 bridgehead atoms. The second-order valence-electron chi connectivity index (χ2n) is 10.7. The van der Waals surface area contributed by atoms with Crippen LogP contribution in [0.1, 0.15) is 47.8 Å². The predicted molar refractivity (Wildman–Crippen MR) is 149 cm³/mol. The molecule has 0 N–H and O–H groups in total. The van der Waals surface area contributed by atoms with Gasteiger partial charge in [0.15, 0.2) is 0 Å². The lowest BCUT2D eigenvalue weighted by atomic mass is 9.84. The molecule has 1 fully saturated rings. The molecule has 39 heavy (non-hydrogen) atoms. The molecule has 1 saturated heterocycles. The number of fused-ring (bicyclic) bond motifs is 3. The Bertz CT molecular complexity index is 1410. The van der Waals surface area contributed by atoms with Gasteiger partial charge in [-0.15, -0.1) is 0 Å². The monoisotopic (exact) mass is 529 g/mol. The van der Waals surface area contributed by atoms with Crippen LogP contribution in [0.4, 0.5) is 4.39 Å². The van der Waals surface area contributed by atoms with E-state index in [2.05, 4.69) is 21.6 Å². The molecule has 2 aromatic carbocycles. The number of benzene rings is 2. The van der Waals surface area contributed by atoms with Crippen molar-refractivity contribution in [3.8, 4) is 0 Å². The summed E-state index contributed by atoms with van der Waals surface area (Å²) < 4.78 is 27.5. The molecule has 0 saturated carbocycles. The number of nitrogens with zero attached hydrogens (tertiary/aromatic N) is 3. The Labute approximate surface area is 228 Å². The van der Waals surface area contributed by atoms with Crippen LogP contribution >= 0.6 is 0 Å². The summed E-state index contributed by atoms with van der Waals surface area (Å²) in [7, 11) is 0. The Balaban J connectivity index is 1.30. The molecule has 3 heterocycles. The van der Waals surface area contributed by atoms with E-state index < -0.39 is 0 Å². The Morgan fingerprint density at radius 2 is 1.92 bits per heavy atom. The standard InChI is InChI=1S/C32H36FN3O3/c33-25-8-3-7-24(21-25)22-36-29-12-2-1-10-27(29)31-28(11-4-13-30(31)36)32(37)35(23-26-9-5-18-39-26)15-6-14-34-16-19-38-20-17-34/h1-3,5,7-10,12,18,21,28H,4,6,11,13-17,19-20,22-23H2. The number of morpholine rings is 1. The van der Waals surface area contributed by atoms with E-state index in [1.165, 1.54) is 11.8 Å². The molecule has 1 atom stereocenters. The van der Waals surface area contributed by atoms with Crippen LogP contribution in [-0.4, -0.2) is 59.7 Å². The van der Waals surface area contributed by atoms with Crippen molar-refractivity contribution >= 4 is 16.8 Å². The molecule has 4 aromatic rings. The molecule has 1 amide bonds. The maximum atomic E-state index is 14.3. The van der Waals surface area contributed by atoms with Crippen molar-refractivity contribution in [1.82, 2.24) is 14.4 Å². The van der Waals surface area contributed by atoms with Gasteiger partial charge in [0.25, 0.3) is 0 Å². The topological polar surface area (TPSA) is 50.9 Å². The van der Waals surface area contributed by atoms with Crippen LogP contribution in [0.3, 0.4) is 0 Å². The van der Waals surface area contributed by atoms with E-state index in [-0.39, 0.29) is 17.6 Å².